The second-order valence-corrected chi connectivity index (χ2v) is 8.42. The van der Waals surface area contributed by atoms with Crippen molar-refractivity contribution in [1.82, 2.24) is 14.9 Å². The van der Waals surface area contributed by atoms with Crippen molar-refractivity contribution < 1.29 is 0 Å². The van der Waals surface area contributed by atoms with E-state index in [-0.39, 0.29) is 12.1 Å². The van der Waals surface area contributed by atoms with E-state index < -0.39 is 0 Å². The van der Waals surface area contributed by atoms with Crippen LogP contribution in [0, 0.1) is 13.8 Å². The molecule has 0 amide bonds. The average molecular weight is 425 g/mol. The van der Waals surface area contributed by atoms with E-state index >= 15 is 0 Å². The number of aryl methyl sites for hydroxylation is 2. The molecule has 1 aliphatic rings. The van der Waals surface area contributed by atoms with Crippen LogP contribution in [0.2, 0.25) is 0 Å². The highest BCUT2D eigenvalue weighted by molar-refractivity contribution is 7.80. The Bertz CT molecular complexity index is 1200. The van der Waals surface area contributed by atoms with Crippen LogP contribution in [0.5, 0.6) is 0 Å². The van der Waals surface area contributed by atoms with Crippen molar-refractivity contribution in [2.75, 3.05) is 4.90 Å². The molecule has 4 nitrogen and oxygen atoms in total. The quantitative estimate of drug-likeness (QED) is 0.428. The minimum absolute atomic E-state index is 0.00596. The summed E-state index contributed by atoms with van der Waals surface area (Å²) >= 11 is 5.84. The number of pyridine rings is 1. The van der Waals surface area contributed by atoms with Gasteiger partial charge in [-0.15, -0.1) is 0 Å². The number of benzene rings is 2. The number of thiocarbonyl (C=S) groups is 1. The van der Waals surface area contributed by atoms with E-state index in [0.717, 1.165) is 22.2 Å². The second kappa shape index (κ2) is 8.00. The molecule has 0 bridgehead atoms. The molecule has 31 heavy (non-hydrogen) atoms. The lowest BCUT2D eigenvalue weighted by Gasteiger charge is -2.28. The summed E-state index contributed by atoms with van der Waals surface area (Å²) in [5.41, 5.74) is 6.85. The van der Waals surface area contributed by atoms with Crippen molar-refractivity contribution in [3.05, 3.63) is 114 Å². The molecule has 2 aromatic heterocycles. The van der Waals surface area contributed by atoms with Crippen LogP contribution in [0.15, 0.2) is 91.4 Å². The van der Waals surface area contributed by atoms with Gasteiger partial charge in [0.1, 0.15) is 0 Å². The first-order valence-electron chi connectivity index (χ1n) is 10.4. The Morgan fingerprint density at radius 3 is 2.32 bits per heavy atom. The summed E-state index contributed by atoms with van der Waals surface area (Å²) in [5.74, 6) is 0. The van der Waals surface area contributed by atoms with Gasteiger partial charge in [-0.05, 0) is 85.2 Å². The van der Waals surface area contributed by atoms with Gasteiger partial charge in [0, 0.05) is 30.0 Å². The van der Waals surface area contributed by atoms with E-state index in [1.807, 2.05) is 24.4 Å². The number of nitrogens with one attached hydrogen (secondary N) is 1. The van der Waals surface area contributed by atoms with Crippen molar-refractivity contribution in [1.29, 1.82) is 0 Å². The summed E-state index contributed by atoms with van der Waals surface area (Å²) in [6.45, 7) is 4.25. The minimum Gasteiger partial charge on any atom is -0.351 e. The van der Waals surface area contributed by atoms with E-state index in [0.29, 0.717) is 0 Å². The van der Waals surface area contributed by atoms with Crippen molar-refractivity contribution in [3.63, 3.8) is 0 Å². The zero-order chi connectivity index (χ0) is 21.4. The molecule has 2 aromatic carbocycles. The van der Waals surface area contributed by atoms with Crippen LogP contribution in [-0.2, 0) is 0 Å². The van der Waals surface area contributed by atoms with Gasteiger partial charge in [-0.1, -0.05) is 30.3 Å². The van der Waals surface area contributed by atoms with Crippen molar-refractivity contribution >= 4 is 23.0 Å². The third-order valence-corrected chi connectivity index (χ3v) is 6.01. The first kappa shape index (κ1) is 19.5. The largest absolute Gasteiger partial charge is 0.351 e. The first-order valence-corrected chi connectivity index (χ1v) is 10.8. The van der Waals surface area contributed by atoms with Gasteiger partial charge in [0.05, 0.1) is 17.8 Å². The number of nitrogens with zero attached hydrogens (tertiary/aromatic N) is 3. The van der Waals surface area contributed by atoms with Gasteiger partial charge in [0.15, 0.2) is 5.11 Å². The Kier molecular flexibility index (Phi) is 5.04. The maximum atomic E-state index is 5.84. The highest BCUT2D eigenvalue weighted by Crippen LogP contribution is 2.42. The summed E-state index contributed by atoms with van der Waals surface area (Å²) in [6.07, 6.45) is 6.15. The van der Waals surface area contributed by atoms with Gasteiger partial charge in [0.25, 0.3) is 0 Å². The van der Waals surface area contributed by atoms with Crippen molar-refractivity contribution in [2.24, 2.45) is 0 Å². The van der Waals surface area contributed by atoms with Crippen LogP contribution in [0.4, 0.5) is 5.69 Å². The Hall–Kier alpha value is -3.44. The minimum atomic E-state index is -0.0406. The van der Waals surface area contributed by atoms with Gasteiger partial charge < -0.3 is 14.8 Å². The van der Waals surface area contributed by atoms with Gasteiger partial charge >= 0.3 is 0 Å². The zero-order valence-corrected chi connectivity index (χ0v) is 18.4. The summed E-state index contributed by atoms with van der Waals surface area (Å²) < 4.78 is 2.16. The first-order chi connectivity index (χ1) is 15.1. The fraction of sp³-hybridized carbons (Fsp3) is 0.154. The number of hydrogen-bond donors (Lipinski definition) is 1. The Balaban J connectivity index is 1.62. The van der Waals surface area contributed by atoms with Crippen LogP contribution in [0.3, 0.4) is 0 Å². The van der Waals surface area contributed by atoms with E-state index in [1.165, 1.54) is 16.7 Å². The molecule has 5 rings (SSSR count). The fourth-order valence-electron chi connectivity index (χ4n) is 4.41. The molecule has 1 fully saturated rings. The predicted molar refractivity (Wildman–Crippen MR) is 130 cm³/mol. The molecule has 3 heterocycles. The Morgan fingerprint density at radius 1 is 0.871 bits per heavy atom. The number of rotatable bonds is 4. The molecule has 0 aliphatic carbocycles. The zero-order valence-electron chi connectivity index (χ0n) is 17.6. The molecule has 1 N–H and O–H groups in total. The molecule has 0 spiro atoms. The number of anilines is 1. The van der Waals surface area contributed by atoms with Crippen LogP contribution >= 0.6 is 12.2 Å². The maximum Gasteiger partial charge on any atom is 0.174 e. The highest BCUT2D eigenvalue weighted by Gasteiger charge is 2.41. The fourth-order valence-corrected chi connectivity index (χ4v) is 4.76. The molecule has 2 atom stereocenters. The van der Waals surface area contributed by atoms with Crippen molar-refractivity contribution in [3.8, 4) is 5.69 Å². The summed E-state index contributed by atoms with van der Waals surface area (Å²) in [4.78, 5) is 6.88. The van der Waals surface area contributed by atoms with E-state index in [4.69, 9.17) is 12.2 Å². The highest BCUT2D eigenvalue weighted by atomic mass is 32.1. The number of para-hydroxylation sites is 1. The smallest absolute Gasteiger partial charge is 0.174 e. The van der Waals surface area contributed by atoms with Gasteiger partial charge in [0.2, 0.25) is 0 Å². The molecule has 0 unspecified atom stereocenters. The molecule has 5 heteroatoms. The molecule has 1 aliphatic heterocycles. The third-order valence-electron chi connectivity index (χ3n) is 5.69. The monoisotopic (exact) mass is 424 g/mol. The topological polar surface area (TPSA) is 33.1 Å². The normalized spacial score (nSPS) is 18.3. The summed E-state index contributed by atoms with van der Waals surface area (Å²) in [5, 5.41) is 4.26. The average Bonchev–Trinajstić information content (AvgIpc) is 3.39. The van der Waals surface area contributed by atoms with Crippen LogP contribution in [0.1, 0.15) is 34.5 Å². The predicted octanol–water partition coefficient (Wildman–Crippen LogP) is 5.67. The van der Waals surface area contributed by atoms with Crippen LogP contribution in [0.25, 0.3) is 5.69 Å². The van der Waals surface area contributed by atoms with Gasteiger partial charge in [-0.3, -0.25) is 4.98 Å². The Labute approximate surface area is 188 Å². The molecule has 1 saturated heterocycles. The lowest BCUT2D eigenvalue weighted by Crippen LogP contribution is -2.29. The molecule has 4 aromatic rings. The van der Waals surface area contributed by atoms with E-state index in [9.17, 15) is 0 Å². The number of hydrogen-bond acceptors (Lipinski definition) is 2. The van der Waals surface area contributed by atoms with Crippen LogP contribution in [-0.4, -0.2) is 14.7 Å². The molecule has 0 saturated carbocycles. The second-order valence-electron chi connectivity index (χ2n) is 8.03. The standard InChI is InChI=1S/C26H24N4S/c1-18-14-19(2)16-22(15-18)30-25(24(28-26(30)31)23-10-6-7-12-27-23)20-11-13-29(17-20)21-8-4-3-5-9-21/h3-17,24-25H,1-2H3,(H,28,31)/t24-,25-/m1/s1. The van der Waals surface area contributed by atoms with Crippen molar-refractivity contribution in [2.45, 2.75) is 25.9 Å². The Morgan fingerprint density at radius 2 is 1.61 bits per heavy atom. The third kappa shape index (κ3) is 3.73. The molecule has 154 valence electrons. The molecule has 0 radical (unpaired) electrons. The molecular weight excluding hydrogens is 400 g/mol. The van der Waals surface area contributed by atoms with Gasteiger partial charge in [-0.25, -0.2) is 0 Å². The van der Waals surface area contributed by atoms with Gasteiger partial charge in [-0.2, -0.15) is 0 Å². The van der Waals surface area contributed by atoms with Crippen LogP contribution < -0.4 is 10.2 Å². The number of aromatic nitrogens is 2. The molecular formula is C26H24N4S. The van der Waals surface area contributed by atoms with E-state index in [1.54, 1.807) is 0 Å². The SMILES string of the molecule is Cc1cc(C)cc(N2C(=S)N[C@H](c3ccccn3)[C@H]2c2ccn(-c3ccccc3)c2)c1. The lowest BCUT2D eigenvalue weighted by atomic mass is 9.98. The lowest BCUT2D eigenvalue weighted by molar-refractivity contribution is 0.568. The maximum absolute atomic E-state index is 5.84. The summed E-state index contributed by atoms with van der Waals surface area (Å²) in [7, 11) is 0. The summed E-state index contributed by atoms with van der Waals surface area (Å²) in [6, 6.07) is 25.1. The van der Waals surface area contributed by atoms with E-state index in [2.05, 4.69) is 101 Å².